The van der Waals surface area contributed by atoms with Crippen molar-refractivity contribution < 1.29 is 19.1 Å². The lowest BCUT2D eigenvalue weighted by Gasteiger charge is -2.51. The van der Waals surface area contributed by atoms with Gasteiger partial charge in [0, 0.05) is 13.1 Å². The Kier molecular flexibility index (Phi) is 7.71. The number of β-lactam (4-membered cyclic amide) rings is 2. The molecule has 4 atom stereocenters. The van der Waals surface area contributed by atoms with Crippen LogP contribution in [-0.2, 0) is 32.3 Å². The van der Waals surface area contributed by atoms with E-state index in [2.05, 4.69) is 0 Å². The van der Waals surface area contributed by atoms with Crippen molar-refractivity contribution in [1.29, 1.82) is 0 Å². The van der Waals surface area contributed by atoms with Crippen LogP contribution in [0.1, 0.15) is 34.3 Å². The quantitative estimate of drug-likeness (QED) is 0.245. The van der Waals surface area contributed by atoms with Gasteiger partial charge in [-0.2, -0.15) is 0 Å². The van der Waals surface area contributed by atoms with Gasteiger partial charge in [0.2, 0.25) is 0 Å². The Morgan fingerprint density at radius 2 is 0.800 bits per heavy atom. The lowest BCUT2D eigenvalue weighted by molar-refractivity contribution is -0.185. The van der Waals surface area contributed by atoms with Gasteiger partial charge < -0.3 is 19.3 Å². The van der Waals surface area contributed by atoms with Gasteiger partial charge in [0.1, 0.15) is 0 Å². The summed E-state index contributed by atoms with van der Waals surface area (Å²) in [5.74, 6) is -0.100. The number of hydrogen-bond acceptors (Lipinski definition) is 4. The molecule has 2 fully saturated rings. The Morgan fingerprint density at radius 3 is 1.15 bits per heavy atom. The Balaban J connectivity index is 1.15. The van der Waals surface area contributed by atoms with Crippen LogP contribution < -0.4 is 0 Å². The molecular weight excluding hydrogens is 500 g/mol. The highest BCUT2D eigenvalue weighted by Gasteiger charge is 2.52. The summed E-state index contributed by atoms with van der Waals surface area (Å²) in [5, 5.41) is 0. The molecule has 2 aliphatic heterocycles. The minimum atomic E-state index is -0.554. The van der Waals surface area contributed by atoms with Gasteiger partial charge in [-0.15, -0.1) is 0 Å². The number of carbonyl (C=O) groups is 2. The molecule has 2 amide bonds. The number of ether oxygens (including phenoxy) is 2. The molecule has 0 spiro atoms. The van der Waals surface area contributed by atoms with Crippen molar-refractivity contribution in [3.05, 3.63) is 144 Å². The van der Waals surface area contributed by atoms with E-state index >= 15 is 0 Å². The van der Waals surface area contributed by atoms with Gasteiger partial charge in [0.15, 0.2) is 12.2 Å². The molecule has 0 aliphatic carbocycles. The first-order valence-electron chi connectivity index (χ1n) is 13.7. The molecule has 0 aromatic heterocycles. The predicted octanol–water partition coefficient (Wildman–Crippen LogP) is 5.32. The first-order chi connectivity index (χ1) is 19.7. The Bertz CT molecular complexity index is 1300. The molecule has 2 saturated heterocycles. The highest BCUT2D eigenvalue weighted by molar-refractivity contribution is 5.90. The van der Waals surface area contributed by atoms with E-state index in [0.717, 1.165) is 22.3 Å². The number of carbonyl (C=O) groups excluding carboxylic acids is 2. The fourth-order valence-electron chi connectivity index (χ4n) is 5.60. The molecule has 0 bridgehead atoms. The maximum Gasteiger partial charge on any atom is 0.254 e. The summed E-state index contributed by atoms with van der Waals surface area (Å²) in [6.07, 6.45) is -1.11. The summed E-state index contributed by atoms with van der Waals surface area (Å²) in [7, 11) is 0. The van der Waals surface area contributed by atoms with Crippen molar-refractivity contribution in [3.8, 4) is 0 Å². The fraction of sp³-hybridized carbons (Fsp3) is 0.235. The van der Waals surface area contributed by atoms with E-state index in [-0.39, 0.29) is 23.9 Å². The Labute approximate surface area is 234 Å². The molecule has 6 rings (SSSR count). The van der Waals surface area contributed by atoms with Crippen LogP contribution in [-0.4, -0.2) is 46.9 Å². The summed E-state index contributed by atoms with van der Waals surface area (Å²) in [6, 6.07) is 39.3. The molecule has 2 heterocycles. The lowest BCUT2D eigenvalue weighted by Crippen LogP contribution is -2.64. The van der Waals surface area contributed by atoms with Crippen molar-refractivity contribution in [1.82, 2.24) is 9.80 Å². The van der Waals surface area contributed by atoms with Crippen LogP contribution in [0, 0.1) is 0 Å². The molecule has 40 heavy (non-hydrogen) atoms. The molecule has 0 N–H and O–H groups in total. The summed E-state index contributed by atoms with van der Waals surface area (Å²) in [4.78, 5) is 30.3. The second-order valence-electron chi connectivity index (χ2n) is 10.2. The second kappa shape index (κ2) is 11.9. The second-order valence-corrected chi connectivity index (χ2v) is 10.2. The molecule has 6 nitrogen and oxygen atoms in total. The molecule has 0 radical (unpaired) electrons. The van der Waals surface area contributed by atoms with E-state index in [1.54, 1.807) is 0 Å². The van der Waals surface area contributed by atoms with E-state index in [1.165, 1.54) is 0 Å². The largest absolute Gasteiger partial charge is 0.361 e. The Morgan fingerprint density at radius 1 is 0.475 bits per heavy atom. The molecule has 4 aromatic carbocycles. The zero-order chi connectivity index (χ0) is 27.3. The third-order valence-electron chi connectivity index (χ3n) is 7.71. The third kappa shape index (κ3) is 5.28. The molecule has 0 unspecified atom stereocenters. The van der Waals surface area contributed by atoms with E-state index < -0.39 is 12.2 Å². The topological polar surface area (TPSA) is 59.1 Å². The highest BCUT2D eigenvalue weighted by atomic mass is 16.5. The van der Waals surface area contributed by atoms with Gasteiger partial charge >= 0.3 is 0 Å². The number of rotatable bonds is 11. The van der Waals surface area contributed by atoms with Gasteiger partial charge in [-0.25, -0.2) is 0 Å². The van der Waals surface area contributed by atoms with Gasteiger partial charge in [0.05, 0.1) is 25.3 Å². The van der Waals surface area contributed by atoms with Crippen molar-refractivity contribution >= 4 is 11.8 Å². The van der Waals surface area contributed by atoms with Crippen molar-refractivity contribution in [2.24, 2.45) is 0 Å². The van der Waals surface area contributed by atoms with E-state index in [0.29, 0.717) is 26.3 Å². The lowest BCUT2D eigenvalue weighted by atomic mass is 9.88. The van der Waals surface area contributed by atoms with Crippen molar-refractivity contribution in [2.75, 3.05) is 13.1 Å². The molecule has 4 aromatic rings. The van der Waals surface area contributed by atoms with Crippen LogP contribution in [0.2, 0.25) is 0 Å². The average molecular weight is 533 g/mol. The molecule has 6 heteroatoms. The zero-order valence-corrected chi connectivity index (χ0v) is 22.2. The summed E-state index contributed by atoms with van der Waals surface area (Å²) >= 11 is 0. The van der Waals surface area contributed by atoms with Crippen LogP contribution in [0.4, 0.5) is 0 Å². The van der Waals surface area contributed by atoms with Crippen LogP contribution in [0.15, 0.2) is 121 Å². The van der Waals surface area contributed by atoms with Crippen LogP contribution in [0.5, 0.6) is 0 Å². The molecule has 0 saturated carbocycles. The molecule has 2 aliphatic rings. The van der Waals surface area contributed by atoms with E-state index in [9.17, 15) is 9.59 Å². The number of amides is 2. The van der Waals surface area contributed by atoms with Crippen LogP contribution >= 0.6 is 0 Å². The molecule has 202 valence electrons. The third-order valence-corrected chi connectivity index (χ3v) is 7.71. The average Bonchev–Trinajstić information content (AvgIpc) is 3.01. The zero-order valence-electron chi connectivity index (χ0n) is 22.2. The summed E-state index contributed by atoms with van der Waals surface area (Å²) < 4.78 is 12.3. The van der Waals surface area contributed by atoms with Crippen LogP contribution in [0.3, 0.4) is 0 Å². The predicted molar refractivity (Wildman–Crippen MR) is 152 cm³/mol. The van der Waals surface area contributed by atoms with Crippen molar-refractivity contribution in [3.63, 3.8) is 0 Å². The van der Waals surface area contributed by atoms with Crippen LogP contribution in [0.25, 0.3) is 0 Å². The van der Waals surface area contributed by atoms with Gasteiger partial charge in [0.25, 0.3) is 11.8 Å². The Hall–Kier alpha value is -4.26. The van der Waals surface area contributed by atoms with Crippen molar-refractivity contribution in [2.45, 2.75) is 37.5 Å². The summed E-state index contributed by atoms with van der Waals surface area (Å²) in [5.41, 5.74) is 4.11. The van der Waals surface area contributed by atoms with Gasteiger partial charge in [-0.05, 0) is 22.3 Å². The van der Waals surface area contributed by atoms with E-state index in [4.69, 9.17) is 9.47 Å². The summed E-state index contributed by atoms with van der Waals surface area (Å²) in [6.45, 7) is 1.58. The fourth-order valence-corrected chi connectivity index (χ4v) is 5.60. The number of nitrogens with zero attached hydrogens (tertiary/aromatic N) is 2. The standard InChI is InChI=1S/C34H32N2O4/c37-33-31(39-23-25-13-5-1-6-14-25)29(27-17-9-3-10-18-27)35(33)21-22-36-30(28-19-11-4-12-20-28)32(34(36)38)40-24-26-15-7-2-8-16-26/h1-20,29-32H,21-24H2/t29-,30-,31+,32+/m1/s1. The first kappa shape index (κ1) is 26.0. The number of hydrogen-bond donors (Lipinski definition) is 0. The maximum absolute atomic E-state index is 13.3. The van der Waals surface area contributed by atoms with E-state index in [1.807, 2.05) is 131 Å². The SMILES string of the molecule is O=C1[C@@H](OCc2ccccc2)[C@@H](c2ccccc2)N1CCN1C(=O)[C@@H](OCc2ccccc2)[C@H]1c1ccccc1. The van der Waals surface area contributed by atoms with Gasteiger partial charge in [-0.3, -0.25) is 9.59 Å². The monoisotopic (exact) mass is 532 g/mol. The normalized spacial score (nSPS) is 22.1. The smallest absolute Gasteiger partial charge is 0.254 e. The minimum absolute atomic E-state index is 0.0501. The van der Waals surface area contributed by atoms with Gasteiger partial charge in [-0.1, -0.05) is 121 Å². The molecular formula is C34H32N2O4. The maximum atomic E-state index is 13.3. The highest BCUT2D eigenvalue weighted by Crippen LogP contribution is 2.40. The first-order valence-corrected chi connectivity index (χ1v) is 13.7. The number of benzene rings is 4. The minimum Gasteiger partial charge on any atom is -0.361 e. The number of likely N-dealkylation sites (tertiary alicyclic amines) is 2.